The first-order valence-electron chi connectivity index (χ1n) is 5.70. The summed E-state index contributed by atoms with van der Waals surface area (Å²) in [5.41, 5.74) is 0. The lowest BCUT2D eigenvalue weighted by molar-refractivity contribution is -0.138. The predicted octanol–water partition coefficient (Wildman–Crippen LogP) is -0.322. The number of hydrogen-bond acceptors (Lipinski definition) is 4. The van der Waals surface area contributed by atoms with Crippen molar-refractivity contribution >= 4 is 21.8 Å². The monoisotopic (exact) mass is 278 g/mol. The van der Waals surface area contributed by atoms with E-state index in [-0.39, 0.29) is 17.5 Å². The summed E-state index contributed by atoms with van der Waals surface area (Å²) in [4.78, 5) is 23.7. The number of nitrogens with one attached hydrogen (secondary N) is 1. The van der Waals surface area contributed by atoms with Crippen LogP contribution < -0.4 is 5.32 Å². The summed E-state index contributed by atoms with van der Waals surface area (Å²) in [6.45, 7) is 3.02. The van der Waals surface area contributed by atoms with Crippen molar-refractivity contribution in [2.75, 3.05) is 18.1 Å². The smallest absolute Gasteiger partial charge is 0.323 e. The zero-order valence-electron chi connectivity index (χ0n) is 10.4. The molecule has 0 spiro atoms. The van der Waals surface area contributed by atoms with Gasteiger partial charge in [0.2, 0.25) is 0 Å². The number of urea groups is 1. The highest BCUT2D eigenvalue weighted by molar-refractivity contribution is 7.91. The van der Waals surface area contributed by atoms with Gasteiger partial charge in [-0.1, -0.05) is 0 Å². The molecule has 0 aromatic carbocycles. The largest absolute Gasteiger partial charge is 0.480 e. The van der Waals surface area contributed by atoms with Gasteiger partial charge in [0.25, 0.3) is 0 Å². The van der Waals surface area contributed by atoms with Gasteiger partial charge in [-0.05, 0) is 20.3 Å². The van der Waals surface area contributed by atoms with E-state index in [2.05, 4.69) is 5.32 Å². The number of rotatable bonds is 4. The van der Waals surface area contributed by atoms with Crippen LogP contribution in [0.4, 0.5) is 4.79 Å². The Morgan fingerprint density at radius 2 is 2.06 bits per heavy atom. The van der Waals surface area contributed by atoms with Gasteiger partial charge in [-0.15, -0.1) is 0 Å². The Kier molecular flexibility index (Phi) is 4.55. The van der Waals surface area contributed by atoms with Crippen LogP contribution >= 0.6 is 0 Å². The molecular weight excluding hydrogens is 260 g/mol. The first-order chi connectivity index (χ1) is 8.21. The topological polar surface area (TPSA) is 104 Å². The number of nitrogens with zero attached hydrogens (tertiary/aromatic N) is 1. The second-order valence-electron chi connectivity index (χ2n) is 4.68. The number of carbonyl (C=O) groups is 2. The standard InChI is InChI=1S/C10H18N2O5S/c1-7(2)11-10(15)12(5-9(13)14)8-3-4-18(16,17)6-8/h7-8H,3-6H2,1-2H3,(H,11,15)(H,13,14). The maximum absolute atomic E-state index is 11.8. The predicted molar refractivity (Wildman–Crippen MR) is 65.1 cm³/mol. The van der Waals surface area contributed by atoms with Crippen molar-refractivity contribution in [2.24, 2.45) is 0 Å². The molecule has 0 aromatic heterocycles. The molecule has 1 fully saturated rings. The fourth-order valence-electron chi connectivity index (χ4n) is 1.86. The Hall–Kier alpha value is -1.31. The summed E-state index contributed by atoms with van der Waals surface area (Å²) in [7, 11) is -3.15. The Bertz CT molecular complexity index is 432. The van der Waals surface area contributed by atoms with Crippen LogP contribution in [-0.4, -0.2) is 60.6 Å². The van der Waals surface area contributed by atoms with E-state index in [1.165, 1.54) is 0 Å². The third kappa shape index (κ3) is 4.17. The molecule has 1 saturated heterocycles. The molecule has 2 N–H and O–H groups in total. The Morgan fingerprint density at radius 1 is 1.44 bits per heavy atom. The molecule has 0 radical (unpaired) electrons. The molecule has 1 rings (SSSR count). The lowest BCUT2D eigenvalue weighted by atomic mass is 10.2. The van der Waals surface area contributed by atoms with Crippen LogP contribution in [0, 0.1) is 0 Å². The van der Waals surface area contributed by atoms with Crippen molar-refractivity contribution in [1.29, 1.82) is 0 Å². The van der Waals surface area contributed by atoms with E-state index in [0.717, 1.165) is 4.90 Å². The molecule has 1 unspecified atom stereocenters. The molecule has 1 atom stereocenters. The van der Waals surface area contributed by atoms with Gasteiger partial charge in [-0.3, -0.25) is 4.79 Å². The van der Waals surface area contributed by atoms with E-state index >= 15 is 0 Å². The third-order valence-electron chi connectivity index (χ3n) is 2.63. The van der Waals surface area contributed by atoms with E-state index < -0.39 is 34.4 Å². The Balaban J connectivity index is 2.79. The molecule has 104 valence electrons. The van der Waals surface area contributed by atoms with Gasteiger partial charge in [0.15, 0.2) is 9.84 Å². The van der Waals surface area contributed by atoms with E-state index in [9.17, 15) is 18.0 Å². The minimum absolute atomic E-state index is 0.00272. The zero-order valence-corrected chi connectivity index (χ0v) is 11.2. The molecule has 0 aliphatic carbocycles. The molecule has 0 saturated carbocycles. The fraction of sp³-hybridized carbons (Fsp3) is 0.800. The van der Waals surface area contributed by atoms with Crippen LogP contribution in [0.25, 0.3) is 0 Å². The van der Waals surface area contributed by atoms with Crippen molar-refractivity contribution in [1.82, 2.24) is 10.2 Å². The van der Waals surface area contributed by atoms with Crippen LogP contribution in [0.2, 0.25) is 0 Å². The van der Waals surface area contributed by atoms with Crippen molar-refractivity contribution in [2.45, 2.75) is 32.4 Å². The zero-order chi connectivity index (χ0) is 13.9. The quantitative estimate of drug-likeness (QED) is 0.733. The summed E-state index contributed by atoms with van der Waals surface area (Å²) in [6, 6.07) is -1.22. The molecule has 8 heteroatoms. The molecule has 0 aromatic rings. The van der Waals surface area contributed by atoms with Gasteiger partial charge >= 0.3 is 12.0 Å². The summed E-state index contributed by atoms with van der Waals surface area (Å²) in [6.07, 6.45) is 0.293. The van der Waals surface area contributed by atoms with E-state index in [1.807, 2.05) is 0 Å². The Morgan fingerprint density at radius 3 is 2.44 bits per heavy atom. The number of carboxylic acids is 1. The highest BCUT2D eigenvalue weighted by atomic mass is 32.2. The number of carbonyl (C=O) groups excluding carboxylic acids is 1. The maximum Gasteiger partial charge on any atom is 0.323 e. The number of carboxylic acid groups (broad SMARTS) is 1. The average Bonchev–Trinajstić information content (AvgIpc) is 2.53. The summed E-state index contributed by atoms with van der Waals surface area (Å²) >= 11 is 0. The number of sulfone groups is 1. The van der Waals surface area contributed by atoms with Crippen LogP contribution in [0.15, 0.2) is 0 Å². The SMILES string of the molecule is CC(C)NC(=O)N(CC(=O)O)C1CCS(=O)(=O)C1. The van der Waals surface area contributed by atoms with Crippen molar-refractivity contribution in [3.05, 3.63) is 0 Å². The molecular formula is C10H18N2O5S. The highest BCUT2D eigenvalue weighted by Crippen LogP contribution is 2.17. The molecule has 0 bridgehead atoms. The van der Waals surface area contributed by atoms with Gasteiger partial charge in [0.05, 0.1) is 11.5 Å². The second kappa shape index (κ2) is 5.55. The number of aliphatic carboxylic acids is 1. The maximum atomic E-state index is 11.8. The van der Waals surface area contributed by atoms with Gasteiger partial charge < -0.3 is 15.3 Å². The van der Waals surface area contributed by atoms with E-state index in [0.29, 0.717) is 6.42 Å². The molecule has 1 heterocycles. The molecule has 1 aliphatic heterocycles. The third-order valence-corrected chi connectivity index (χ3v) is 4.38. The van der Waals surface area contributed by atoms with Crippen LogP contribution in [-0.2, 0) is 14.6 Å². The first-order valence-corrected chi connectivity index (χ1v) is 7.53. The van der Waals surface area contributed by atoms with Crippen LogP contribution in [0.5, 0.6) is 0 Å². The molecule has 2 amide bonds. The lowest BCUT2D eigenvalue weighted by Gasteiger charge is -2.27. The molecule has 1 aliphatic rings. The van der Waals surface area contributed by atoms with Crippen LogP contribution in [0.1, 0.15) is 20.3 Å². The lowest BCUT2D eigenvalue weighted by Crippen LogP contribution is -2.50. The van der Waals surface area contributed by atoms with Gasteiger partial charge in [0.1, 0.15) is 6.54 Å². The summed E-state index contributed by atoms with van der Waals surface area (Å²) in [5, 5.41) is 11.4. The van der Waals surface area contributed by atoms with E-state index in [1.54, 1.807) is 13.8 Å². The van der Waals surface area contributed by atoms with Crippen molar-refractivity contribution in [3.63, 3.8) is 0 Å². The average molecular weight is 278 g/mol. The number of amides is 2. The molecule has 7 nitrogen and oxygen atoms in total. The van der Waals surface area contributed by atoms with Gasteiger partial charge in [-0.2, -0.15) is 0 Å². The first kappa shape index (κ1) is 14.7. The second-order valence-corrected chi connectivity index (χ2v) is 6.91. The summed E-state index contributed by atoms with van der Waals surface area (Å²) in [5.74, 6) is -1.31. The summed E-state index contributed by atoms with van der Waals surface area (Å²) < 4.78 is 22.7. The van der Waals surface area contributed by atoms with Crippen molar-refractivity contribution < 1.29 is 23.1 Å². The highest BCUT2D eigenvalue weighted by Gasteiger charge is 2.35. The Labute approximate surface area is 106 Å². The minimum atomic E-state index is -3.15. The van der Waals surface area contributed by atoms with E-state index in [4.69, 9.17) is 5.11 Å². The normalized spacial score (nSPS) is 21.8. The number of hydrogen-bond donors (Lipinski definition) is 2. The minimum Gasteiger partial charge on any atom is -0.480 e. The van der Waals surface area contributed by atoms with Gasteiger partial charge in [-0.25, -0.2) is 13.2 Å². The molecule has 18 heavy (non-hydrogen) atoms. The fourth-order valence-corrected chi connectivity index (χ4v) is 3.59. The van der Waals surface area contributed by atoms with Crippen molar-refractivity contribution in [3.8, 4) is 0 Å². The van der Waals surface area contributed by atoms with Gasteiger partial charge in [0, 0.05) is 12.1 Å². The van der Waals surface area contributed by atoms with Crippen LogP contribution in [0.3, 0.4) is 0 Å².